The van der Waals surface area contributed by atoms with Crippen LogP contribution < -0.4 is 11.1 Å². The van der Waals surface area contributed by atoms with Gasteiger partial charge in [-0.2, -0.15) is 0 Å². The number of benzene rings is 1. The number of furan rings is 1. The fraction of sp³-hybridized carbons (Fsp3) is 0.0833. The molecule has 17 heavy (non-hydrogen) atoms. The third kappa shape index (κ3) is 2.87. The molecule has 88 valence electrons. The maximum Gasteiger partial charge on any atom is 0.291 e. The Labute approximate surface area is 103 Å². The first-order valence-corrected chi connectivity index (χ1v) is 5.42. The molecule has 0 saturated heterocycles. The topological polar surface area (TPSA) is 68.3 Å². The maximum absolute atomic E-state index is 11.7. The van der Waals surface area contributed by atoms with Gasteiger partial charge in [0.2, 0.25) is 0 Å². The molecule has 1 heterocycles. The number of amides is 1. The van der Waals surface area contributed by atoms with Crippen LogP contribution in [0.4, 0.5) is 5.69 Å². The van der Waals surface area contributed by atoms with Crippen molar-refractivity contribution in [2.24, 2.45) is 5.73 Å². The highest BCUT2D eigenvalue weighted by Crippen LogP contribution is 2.15. The minimum absolute atomic E-state index is 0.236. The van der Waals surface area contributed by atoms with Gasteiger partial charge in [0.15, 0.2) is 5.76 Å². The van der Waals surface area contributed by atoms with E-state index in [1.165, 1.54) is 0 Å². The van der Waals surface area contributed by atoms with Crippen molar-refractivity contribution in [3.8, 4) is 0 Å². The summed E-state index contributed by atoms with van der Waals surface area (Å²) in [5, 5.41) is 3.31. The first-order valence-electron chi connectivity index (χ1n) is 5.05. The third-order valence-corrected chi connectivity index (χ3v) is 2.44. The van der Waals surface area contributed by atoms with Gasteiger partial charge in [-0.3, -0.25) is 4.79 Å². The van der Waals surface area contributed by atoms with Gasteiger partial charge in [0.1, 0.15) is 5.76 Å². The van der Waals surface area contributed by atoms with Crippen LogP contribution in [0.2, 0.25) is 5.02 Å². The summed E-state index contributed by atoms with van der Waals surface area (Å²) in [6.07, 6.45) is 0. The Hall–Kier alpha value is -1.78. The van der Waals surface area contributed by atoms with E-state index in [0.29, 0.717) is 16.5 Å². The van der Waals surface area contributed by atoms with Crippen molar-refractivity contribution in [3.63, 3.8) is 0 Å². The van der Waals surface area contributed by atoms with Crippen molar-refractivity contribution in [3.05, 3.63) is 52.9 Å². The zero-order valence-corrected chi connectivity index (χ0v) is 9.70. The van der Waals surface area contributed by atoms with E-state index in [1.54, 1.807) is 36.4 Å². The molecule has 0 spiro atoms. The molecule has 0 saturated carbocycles. The molecule has 1 aromatic heterocycles. The SMILES string of the molecule is NCc1ccc(C(=O)Nc2ccc(Cl)cc2)o1. The molecule has 0 aliphatic heterocycles. The van der Waals surface area contributed by atoms with Gasteiger partial charge in [0.25, 0.3) is 5.91 Å². The second-order valence-corrected chi connectivity index (χ2v) is 3.87. The zero-order valence-electron chi connectivity index (χ0n) is 8.94. The van der Waals surface area contributed by atoms with Gasteiger partial charge in [-0.05, 0) is 36.4 Å². The summed E-state index contributed by atoms with van der Waals surface area (Å²) in [6.45, 7) is 0.272. The van der Waals surface area contributed by atoms with Gasteiger partial charge in [-0.25, -0.2) is 0 Å². The van der Waals surface area contributed by atoms with Crippen LogP contribution in [0.5, 0.6) is 0 Å². The number of carbonyl (C=O) groups excluding carboxylic acids is 1. The predicted molar refractivity (Wildman–Crippen MR) is 66.0 cm³/mol. The number of anilines is 1. The van der Waals surface area contributed by atoms with E-state index in [-0.39, 0.29) is 18.2 Å². The molecule has 5 heteroatoms. The van der Waals surface area contributed by atoms with E-state index >= 15 is 0 Å². The van der Waals surface area contributed by atoms with Crippen LogP contribution in [0, 0.1) is 0 Å². The molecule has 2 rings (SSSR count). The Morgan fingerprint density at radius 3 is 2.53 bits per heavy atom. The second kappa shape index (κ2) is 5.03. The average molecular weight is 251 g/mol. The maximum atomic E-state index is 11.7. The van der Waals surface area contributed by atoms with Crippen molar-refractivity contribution in [2.75, 3.05) is 5.32 Å². The minimum Gasteiger partial charge on any atom is -0.455 e. The molecule has 0 fully saturated rings. The summed E-state index contributed by atoms with van der Waals surface area (Å²) < 4.78 is 5.23. The summed E-state index contributed by atoms with van der Waals surface area (Å²) >= 11 is 5.74. The van der Waals surface area contributed by atoms with E-state index in [4.69, 9.17) is 21.8 Å². The fourth-order valence-corrected chi connectivity index (χ4v) is 1.46. The molecule has 1 aromatic carbocycles. The molecule has 3 N–H and O–H groups in total. The first kappa shape index (κ1) is 11.7. The highest BCUT2D eigenvalue weighted by molar-refractivity contribution is 6.30. The van der Waals surface area contributed by atoms with Gasteiger partial charge in [0, 0.05) is 10.7 Å². The van der Waals surface area contributed by atoms with Crippen LogP contribution >= 0.6 is 11.6 Å². The molecule has 0 atom stereocenters. The molecule has 2 aromatic rings. The zero-order chi connectivity index (χ0) is 12.3. The number of halogens is 1. The average Bonchev–Trinajstić information content (AvgIpc) is 2.81. The number of hydrogen-bond acceptors (Lipinski definition) is 3. The highest BCUT2D eigenvalue weighted by Gasteiger charge is 2.10. The van der Waals surface area contributed by atoms with E-state index in [2.05, 4.69) is 5.32 Å². The summed E-state index contributed by atoms with van der Waals surface area (Å²) in [6, 6.07) is 10.1. The monoisotopic (exact) mass is 250 g/mol. The summed E-state index contributed by atoms with van der Waals surface area (Å²) in [4.78, 5) is 11.7. The van der Waals surface area contributed by atoms with Crippen LogP contribution in [-0.2, 0) is 6.54 Å². The molecule has 0 radical (unpaired) electrons. The van der Waals surface area contributed by atoms with Crippen LogP contribution in [0.3, 0.4) is 0 Å². The van der Waals surface area contributed by atoms with Crippen LogP contribution in [0.15, 0.2) is 40.8 Å². The molecular weight excluding hydrogens is 240 g/mol. The van der Waals surface area contributed by atoms with E-state index < -0.39 is 0 Å². The molecule has 1 amide bonds. The molecule has 0 aliphatic rings. The molecular formula is C12H11ClN2O2. The van der Waals surface area contributed by atoms with Crippen molar-refractivity contribution in [1.82, 2.24) is 0 Å². The molecule has 4 nitrogen and oxygen atoms in total. The number of carbonyl (C=O) groups is 1. The van der Waals surface area contributed by atoms with E-state index in [9.17, 15) is 4.79 Å². The summed E-state index contributed by atoms with van der Waals surface area (Å²) in [5.74, 6) is 0.499. The van der Waals surface area contributed by atoms with Crippen molar-refractivity contribution < 1.29 is 9.21 Å². The largest absolute Gasteiger partial charge is 0.455 e. The Bertz CT molecular complexity index is 520. The molecule has 0 aliphatic carbocycles. The minimum atomic E-state index is -0.313. The van der Waals surface area contributed by atoms with Gasteiger partial charge in [0.05, 0.1) is 6.54 Å². The van der Waals surface area contributed by atoms with Crippen molar-refractivity contribution >= 4 is 23.2 Å². The van der Waals surface area contributed by atoms with Crippen molar-refractivity contribution in [2.45, 2.75) is 6.54 Å². The van der Waals surface area contributed by atoms with Gasteiger partial charge < -0.3 is 15.5 Å². The summed E-state index contributed by atoms with van der Waals surface area (Å²) in [7, 11) is 0. The predicted octanol–water partition coefficient (Wildman–Crippen LogP) is 2.64. The fourth-order valence-electron chi connectivity index (χ4n) is 1.34. The normalized spacial score (nSPS) is 10.2. The number of nitrogens with one attached hydrogen (secondary N) is 1. The Morgan fingerprint density at radius 1 is 1.24 bits per heavy atom. The second-order valence-electron chi connectivity index (χ2n) is 3.43. The summed E-state index contributed by atoms with van der Waals surface area (Å²) in [5.41, 5.74) is 6.05. The number of hydrogen-bond donors (Lipinski definition) is 2. The van der Waals surface area contributed by atoms with Gasteiger partial charge >= 0.3 is 0 Å². The number of nitrogens with two attached hydrogens (primary N) is 1. The number of rotatable bonds is 3. The highest BCUT2D eigenvalue weighted by atomic mass is 35.5. The lowest BCUT2D eigenvalue weighted by molar-refractivity contribution is 0.0995. The Morgan fingerprint density at radius 2 is 1.94 bits per heavy atom. The van der Waals surface area contributed by atoms with Crippen LogP contribution in [-0.4, -0.2) is 5.91 Å². The van der Waals surface area contributed by atoms with Crippen LogP contribution in [0.25, 0.3) is 0 Å². The van der Waals surface area contributed by atoms with Gasteiger partial charge in [-0.1, -0.05) is 11.6 Å². The van der Waals surface area contributed by atoms with E-state index in [1.807, 2.05) is 0 Å². The standard InChI is InChI=1S/C12H11ClN2O2/c13-8-1-3-9(4-2-8)15-12(16)11-6-5-10(7-14)17-11/h1-6H,7,14H2,(H,15,16). The Kier molecular flexibility index (Phi) is 3.46. The smallest absolute Gasteiger partial charge is 0.291 e. The third-order valence-electron chi connectivity index (χ3n) is 2.19. The van der Waals surface area contributed by atoms with Gasteiger partial charge in [-0.15, -0.1) is 0 Å². The quantitative estimate of drug-likeness (QED) is 0.880. The van der Waals surface area contributed by atoms with E-state index in [0.717, 1.165) is 0 Å². The first-order chi connectivity index (χ1) is 8.19. The molecule has 0 bridgehead atoms. The Balaban J connectivity index is 2.08. The molecule has 0 unspecified atom stereocenters. The lowest BCUT2D eigenvalue weighted by Crippen LogP contribution is -2.10. The lowest BCUT2D eigenvalue weighted by atomic mass is 10.3. The lowest BCUT2D eigenvalue weighted by Gasteiger charge is -2.02. The van der Waals surface area contributed by atoms with Crippen molar-refractivity contribution in [1.29, 1.82) is 0 Å². The van der Waals surface area contributed by atoms with Crippen LogP contribution in [0.1, 0.15) is 16.3 Å².